The Morgan fingerprint density at radius 3 is 1.40 bits per heavy atom. The van der Waals surface area contributed by atoms with Crippen LogP contribution in [0.1, 0.15) is 128 Å². The van der Waals surface area contributed by atoms with Gasteiger partial charge in [0.1, 0.15) is 0 Å². The molecule has 0 radical (unpaired) electrons. The number of nitrogens with zero attached hydrogens (tertiary/aromatic N) is 1. The molecule has 0 atom stereocenters. The van der Waals surface area contributed by atoms with Crippen molar-refractivity contribution >= 4 is 45.0 Å². The van der Waals surface area contributed by atoms with E-state index < -0.39 is 0 Å². The van der Waals surface area contributed by atoms with Gasteiger partial charge in [-0.1, -0.05) is 128 Å². The summed E-state index contributed by atoms with van der Waals surface area (Å²) in [5, 5.41) is 2.41. The minimum Gasteiger partial charge on any atom is -0.490 e. The first-order chi connectivity index (χ1) is 22.2. The summed E-state index contributed by atoms with van der Waals surface area (Å²) in [5.74, 6) is 2.61. The summed E-state index contributed by atoms with van der Waals surface area (Å²) in [5.41, 5.74) is 5.52. The molecule has 0 saturated carbocycles. The fourth-order valence-electron chi connectivity index (χ4n) is 6.26. The molecule has 0 spiro atoms. The second-order valence-corrected chi connectivity index (χ2v) is 13.1. The highest BCUT2D eigenvalue weighted by molar-refractivity contribution is 6.18. The number of unbranched alkanes of at least 4 members (excludes halogenated alkanes) is 14. The fraction of sp³-hybridized carbons (Fsp3) is 0.550. The Kier molecular flexibility index (Phi) is 15.8. The third kappa shape index (κ3) is 10.6. The summed E-state index contributed by atoms with van der Waals surface area (Å²) in [6.07, 6.45) is 20.5. The highest BCUT2D eigenvalue weighted by atomic mass is 35.5. The Morgan fingerprint density at radius 2 is 0.933 bits per heavy atom. The Bertz CT molecular complexity index is 1370. The second-order valence-electron chi connectivity index (χ2n) is 12.6. The number of hydrogen-bond acceptors (Lipinski definition) is 2. The molecule has 4 rings (SSSR count). The van der Waals surface area contributed by atoms with E-state index in [-0.39, 0.29) is 0 Å². The molecule has 3 aromatic carbocycles. The van der Waals surface area contributed by atoms with Crippen molar-refractivity contribution in [2.75, 3.05) is 13.2 Å². The van der Waals surface area contributed by atoms with Crippen molar-refractivity contribution in [3.8, 4) is 17.2 Å². The maximum absolute atomic E-state index is 6.49. The number of ether oxygens (including phenoxy) is 2. The molecule has 0 fully saturated rings. The Balaban J connectivity index is 1.52. The van der Waals surface area contributed by atoms with Crippen LogP contribution in [0.2, 0.25) is 0 Å². The van der Waals surface area contributed by atoms with Gasteiger partial charge in [-0.25, -0.2) is 0 Å². The lowest BCUT2D eigenvalue weighted by Crippen LogP contribution is -2.04. The molecular formula is C40H55Cl2NO2. The lowest BCUT2D eigenvalue weighted by molar-refractivity contribution is 0.258. The molecule has 0 unspecified atom stereocenters. The van der Waals surface area contributed by atoms with Crippen molar-refractivity contribution in [3.63, 3.8) is 0 Å². The zero-order valence-corrected chi connectivity index (χ0v) is 29.4. The highest BCUT2D eigenvalue weighted by Crippen LogP contribution is 2.37. The van der Waals surface area contributed by atoms with Gasteiger partial charge in [0, 0.05) is 28.6 Å². The van der Waals surface area contributed by atoms with Gasteiger partial charge >= 0.3 is 0 Å². The van der Waals surface area contributed by atoms with Crippen molar-refractivity contribution in [1.82, 2.24) is 4.57 Å². The lowest BCUT2D eigenvalue weighted by atomic mass is 10.1. The van der Waals surface area contributed by atoms with Crippen molar-refractivity contribution < 1.29 is 9.47 Å². The smallest absolute Gasteiger partial charge is 0.163 e. The van der Waals surface area contributed by atoms with Crippen molar-refractivity contribution in [1.29, 1.82) is 0 Å². The summed E-state index contributed by atoms with van der Waals surface area (Å²) < 4.78 is 15.2. The van der Waals surface area contributed by atoms with Gasteiger partial charge in [-0.3, -0.25) is 0 Å². The number of aromatic nitrogens is 1. The molecule has 246 valence electrons. The normalized spacial score (nSPS) is 11.6. The third-order valence-electron chi connectivity index (χ3n) is 8.90. The Hall–Kier alpha value is -2.36. The molecule has 0 aliphatic heterocycles. The molecular weight excluding hydrogens is 597 g/mol. The van der Waals surface area contributed by atoms with Crippen LogP contribution in [0.25, 0.3) is 27.5 Å². The molecule has 4 aromatic rings. The monoisotopic (exact) mass is 651 g/mol. The van der Waals surface area contributed by atoms with Crippen LogP contribution < -0.4 is 9.47 Å². The molecule has 0 bridgehead atoms. The van der Waals surface area contributed by atoms with E-state index in [0.717, 1.165) is 58.8 Å². The first-order valence-electron chi connectivity index (χ1n) is 17.8. The van der Waals surface area contributed by atoms with E-state index >= 15 is 0 Å². The van der Waals surface area contributed by atoms with E-state index in [1.807, 2.05) is 0 Å². The van der Waals surface area contributed by atoms with Gasteiger partial charge in [0.15, 0.2) is 11.5 Å². The predicted molar refractivity (Wildman–Crippen MR) is 196 cm³/mol. The maximum Gasteiger partial charge on any atom is 0.163 e. The Labute approximate surface area is 282 Å². The molecule has 1 heterocycles. The summed E-state index contributed by atoms with van der Waals surface area (Å²) in [6.45, 7) is 5.97. The van der Waals surface area contributed by atoms with Crippen LogP contribution in [0, 0.1) is 0 Å². The summed E-state index contributed by atoms with van der Waals surface area (Å²) in [4.78, 5) is 0. The lowest BCUT2D eigenvalue weighted by Gasteiger charge is -2.16. The largest absolute Gasteiger partial charge is 0.490 e. The van der Waals surface area contributed by atoms with Crippen molar-refractivity contribution in [3.05, 3.63) is 65.7 Å². The summed E-state index contributed by atoms with van der Waals surface area (Å²) in [7, 11) is 0. The summed E-state index contributed by atoms with van der Waals surface area (Å²) >= 11 is 12.6. The molecule has 0 aliphatic rings. The Morgan fingerprint density at radius 1 is 0.489 bits per heavy atom. The van der Waals surface area contributed by atoms with E-state index in [1.165, 1.54) is 101 Å². The van der Waals surface area contributed by atoms with E-state index in [4.69, 9.17) is 32.7 Å². The molecule has 45 heavy (non-hydrogen) atoms. The fourth-order valence-corrected chi connectivity index (χ4v) is 6.59. The van der Waals surface area contributed by atoms with E-state index in [2.05, 4.69) is 73.0 Å². The number of halogens is 2. The van der Waals surface area contributed by atoms with Crippen LogP contribution in [0.15, 0.2) is 54.6 Å². The van der Waals surface area contributed by atoms with Crippen LogP contribution in [0.4, 0.5) is 0 Å². The molecule has 0 aliphatic carbocycles. The first kappa shape index (κ1) is 35.5. The molecule has 1 aromatic heterocycles. The van der Waals surface area contributed by atoms with Crippen molar-refractivity contribution in [2.24, 2.45) is 0 Å². The van der Waals surface area contributed by atoms with Gasteiger partial charge in [-0.05, 0) is 48.2 Å². The van der Waals surface area contributed by atoms with Crippen LogP contribution >= 0.6 is 23.2 Å². The van der Waals surface area contributed by atoms with Crippen molar-refractivity contribution in [2.45, 2.75) is 128 Å². The minimum atomic E-state index is 0.475. The zero-order valence-electron chi connectivity index (χ0n) is 27.9. The number of alkyl halides is 2. The standard InChI is InChI=1S/C40H55Cl2NO2/c1-3-5-7-9-11-13-15-17-25-44-39-24-21-34(29-40(39)45-26-18-16-14-12-10-8-6-4-2)43-37-27-32(30-41)19-22-35(37)36-23-20-33(31-42)28-38(36)43/h19-24,27-29H,3-18,25-26,30-31H2,1-2H3. The first-order valence-corrected chi connectivity index (χ1v) is 18.8. The van der Waals surface area contributed by atoms with Crippen LogP contribution in [-0.2, 0) is 11.8 Å². The van der Waals surface area contributed by atoms with Gasteiger partial charge in [0.25, 0.3) is 0 Å². The number of hydrogen-bond donors (Lipinski definition) is 0. The van der Waals surface area contributed by atoms with Gasteiger partial charge in [-0.15, -0.1) is 23.2 Å². The minimum absolute atomic E-state index is 0.475. The van der Waals surface area contributed by atoms with E-state index in [9.17, 15) is 0 Å². The molecule has 5 heteroatoms. The van der Waals surface area contributed by atoms with Gasteiger partial charge in [0.05, 0.1) is 29.9 Å². The van der Waals surface area contributed by atoms with Crippen LogP contribution in [-0.4, -0.2) is 17.8 Å². The van der Waals surface area contributed by atoms with Crippen LogP contribution in [0.5, 0.6) is 11.5 Å². The SMILES string of the molecule is CCCCCCCCCCOc1ccc(-n2c3cc(CCl)ccc3c3ccc(CCl)cc32)cc1OCCCCCCCCCC. The zero-order chi connectivity index (χ0) is 31.7. The number of fused-ring (bicyclic) bond motifs is 3. The number of benzene rings is 3. The molecule has 0 amide bonds. The van der Waals surface area contributed by atoms with Gasteiger partial charge in [0.2, 0.25) is 0 Å². The second kappa shape index (κ2) is 20.0. The number of rotatable bonds is 23. The average Bonchev–Trinajstić information content (AvgIpc) is 3.39. The predicted octanol–water partition coefficient (Wildman–Crippen LogP) is 13.3. The van der Waals surface area contributed by atoms with E-state index in [1.54, 1.807) is 0 Å². The van der Waals surface area contributed by atoms with E-state index in [0.29, 0.717) is 18.4 Å². The average molecular weight is 653 g/mol. The topological polar surface area (TPSA) is 23.4 Å². The molecule has 3 nitrogen and oxygen atoms in total. The quantitative estimate of drug-likeness (QED) is 0.0588. The third-order valence-corrected chi connectivity index (χ3v) is 9.52. The van der Waals surface area contributed by atoms with Gasteiger partial charge < -0.3 is 14.0 Å². The highest BCUT2D eigenvalue weighted by Gasteiger charge is 2.16. The molecule has 0 N–H and O–H groups in total. The van der Waals surface area contributed by atoms with Crippen LogP contribution in [0.3, 0.4) is 0 Å². The maximum atomic E-state index is 6.49. The summed E-state index contributed by atoms with van der Waals surface area (Å²) in [6, 6.07) is 19.4. The van der Waals surface area contributed by atoms with Gasteiger partial charge in [-0.2, -0.15) is 0 Å². The molecule has 0 saturated heterocycles.